The fraction of sp³-hybridized carbons (Fsp3) is 0.500. The number of hydrogen-bond acceptors (Lipinski definition) is 2. The third kappa shape index (κ3) is 4.99. The molecule has 0 radical (unpaired) electrons. The fourth-order valence-electron chi connectivity index (χ4n) is 2.50. The molecule has 0 bridgehead atoms. The van der Waals surface area contributed by atoms with Crippen LogP contribution in [0.3, 0.4) is 0 Å². The van der Waals surface area contributed by atoms with Gasteiger partial charge in [-0.3, -0.25) is 10.2 Å². The number of nitrogens with one attached hydrogen (secondary N) is 1. The Kier molecular flexibility index (Phi) is 6.89. The molecule has 1 atom stereocenters. The lowest BCUT2D eigenvalue weighted by atomic mass is 9.76. The summed E-state index contributed by atoms with van der Waals surface area (Å²) >= 11 is 2.26. The minimum atomic E-state index is -0.615. The van der Waals surface area contributed by atoms with Gasteiger partial charge in [-0.2, -0.15) is 0 Å². The zero-order chi connectivity index (χ0) is 16.8. The van der Waals surface area contributed by atoms with Crippen LogP contribution < -0.4 is 11.3 Å². The van der Waals surface area contributed by atoms with E-state index in [9.17, 15) is 4.79 Å². The van der Waals surface area contributed by atoms with Crippen LogP contribution in [0.4, 0.5) is 0 Å². The topological polar surface area (TPSA) is 55.1 Å². The second-order valence-corrected chi connectivity index (χ2v) is 7.80. The zero-order valence-corrected chi connectivity index (χ0v) is 15.7. The second kappa shape index (κ2) is 7.98. The van der Waals surface area contributed by atoms with Crippen LogP contribution in [-0.2, 0) is 10.2 Å². The highest BCUT2D eigenvalue weighted by atomic mass is 127. The number of rotatable bonds is 7. The molecule has 0 aliphatic heterocycles. The SMILES string of the molecule is C#CC(C)(C)CCCCC(C)(C(=O)NN)c1cccc(I)c1. The van der Waals surface area contributed by atoms with Gasteiger partial charge in [0.05, 0.1) is 5.41 Å². The highest BCUT2D eigenvalue weighted by molar-refractivity contribution is 14.1. The van der Waals surface area contributed by atoms with Gasteiger partial charge in [0.15, 0.2) is 0 Å². The lowest BCUT2D eigenvalue weighted by Crippen LogP contribution is -2.45. The summed E-state index contributed by atoms with van der Waals surface area (Å²) in [6.45, 7) is 6.09. The van der Waals surface area contributed by atoms with Gasteiger partial charge in [0, 0.05) is 8.99 Å². The van der Waals surface area contributed by atoms with E-state index in [1.54, 1.807) is 0 Å². The van der Waals surface area contributed by atoms with E-state index in [1.807, 2.05) is 31.2 Å². The van der Waals surface area contributed by atoms with Crippen LogP contribution in [-0.4, -0.2) is 5.91 Å². The average Bonchev–Trinajstić information content (AvgIpc) is 2.50. The van der Waals surface area contributed by atoms with Crippen molar-refractivity contribution in [2.24, 2.45) is 11.3 Å². The van der Waals surface area contributed by atoms with Crippen LogP contribution in [0.1, 0.15) is 52.0 Å². The van der Waals surface area contributed by atoms with E-state index in [0.717, 1.165) is 34.8 Å². The molecule has 22 heavy (non-hydrogen) atoms. The predicted octanol–water partition coefficient (Wildman–Crippen LogP) is 3.76. The molecule has 0 aromatic heterocycles. The van der Waals surface area contributed by atoms with Gasteiger partial charge < -0.3 is 0 Å². The standard InChI is InChI=1S/C18H25IN2O/c1-5-17(2,3)11-6-7-12-18(4,16(22)21-20)14-9-8-10-15(19)13-14/h1,8-10,13H,6-7,11-12,20H2,2-4H3,(H,21,22). The molecule has 0 fully saturated rings. The van der Waals surface area contributed by atoms with E-state index in [4.69, 9.17) is 12.3 Å². The third-order valence-corrected chi connectivity index (χ3v) is 4.88. The molecule has 0 aliphatic rings. The van der Waals surface area contributed by atoms with Gasteiger partial charge in [-0.25, -0.2) is 5.84 Å². The first-order valence-electron chi connectivity index (χ1n) is 7.50. The van der Waals surface area contributed by atoms with Crippen LogP contribution in [0.15, 0.2) is 24.3 Å². The number of hydrogen-bond donors (Lipinski definition) is 2. The van der Waals surface area contributed by atoms with Crippen molar-refractivity contribution in [1.82, 2.24) is 5.43 Å². The first kappa shape index (κ1) is 19.0. The Labute approximate surface area is 147 Å². The highest BCUT2D eigenvalue weighted by Gasteiger charge is 2.34. The molecular formula is C18H25IN2O. The van der Waals surface area contributed by atoms with Gasteiger partial charge >= 0.3 is 0 Å². The lowest BCUT2D eigenvalue weighted by Gasteiger charge is -2.29. The Balaban J connectivity index is 2.82. The van der Waals surface area contributed by atoms with E-state index in [0.29, 0.717) is 0 Å². The Morgan fingerprint density at radius 3 is 2.50 bits per heavy atom. The first-order valence-corrected chi connectivity index (χ1v) is 8.58. The summed E-state index contributed by atoms with van der Waals surface area (Å²) in [5.41, 5.74) is 2.61. The molecule has 3 nitrogen and oxygen atoms in total. The Morgan fingerprint density at radius 2 is 1.95 bits per heavy atom. The number of carbonyl (C=O) groups is 1. The fourth-order valence-corrected chi connectivity index (χ4v) is 3.04. The van der Waals surface area contributed by atoms with E-state index < -0.39 is 5.41 Å². The number of carbonyl (C=O) groups excluding carboxylic acids is 1. The molecule has 0 aliphatic carbocycles. The molecule has 0 heterocycles. The summed E-state index contributed by atoms with van der Waals surface area (Å²) < 4.78 is 1.11. The van der Waals surface area contributed by atoms with Crippen molar-refractivity contribution in [2.45, 2.75) is 51.9 Å². The molecule has 120 valence electrons. The highest BCUT2D eigenvalue weighted by Crippen LogP contribution is 2.32. The largest absolute Gasteiger partial charge is 0.294 e. The predicted molar refractivity (Wildman–Crippen MR) is 99.9 cm³/mol. The number of amides is 1. The van der Waals surface area contributed by atoms with Crippen LogP contribution in [0.25, 0.3) is 0 Å². The number of hydrazine groups is 1. The Morgan fingerprint density at radius 1 is 1.32 bits per heavy atom. The molecule has 3 N–H and O–H groups in total. The quantitative estimate of drug-likeness (QED) is 0.179. The summed E-state index contributed by atoms with van der Waals surface area (Å²) in [6.07, 6.45) is 9.15. The molecule has 4 heteroatoms. The lowest BCUT2D eigenvalue weighted by molar-refractivity contribution is -0.126. The summed E-state index contributed by atoms with van der Waals surface area (Å²) in [5.74, 6) is 8.06. The molecule has 1 unspecified atom stereocenters. The first-order chi connectivity index (χ1) is 10.2. The van der Waals surface area contributed by atoms with Gasteiger partial charge in [-0.05, 0) is 73.9 Å². The monoisotopic (exact) mass is 412 g/mol. The van der Waals surface area contributed by atoms with Crippen LogP contribution in [0.5, 0.6) is 0 Å². The maximum Gasteiger partial charge on any atom is 0.244 e. The van der Waals surface area contributed by atoms with Crippen LogP contribution in [0, 0.1) is 21.3 Å². The molecule has 1 aromatic carbocycles. The summed E-state index contributed by atoms with van der Waals surface area (Å²) in [4.78, 5) is 12.3. The molecule has 1 amide bonds. The second-order valence-electron chi connectivity index (χ2n) is 6.55. The van der Waals surface area contributed by atoms with Crippen molar-refractivity contribution in [3.05, 3.63) is 33.4 Å². The van der Waals surface area contributed by atoms with Crippen molar-refractivity contribution >= 4 is 28.5 Å². The third-order valence-electron chi connectivity index (χ3n) is 4.21. The maximum absolute atomic E-state index is 12.3. The number of benzene rings is 1. The normalized spacial score (nSPS) is 14.0. The summed E-state index contributed by atoms with van der Waals surface area (Å²) in [5, 5.41) is 0. The minimum Gasteiger partial charge on any atom is -0.294 e. The molecule has 0 saturated heterocycles. The molecular weight excluding hydrogens is 387 g/mol. The summed E-state index contributed by atoms with van der Waals surface area (Å²) in [6, 6.07) is 8.02. The van der Waals surface area contributed by atoms with Crippen molar-refractivity contribution < 1.29 is 4.79 Å². The van der Waals surface area contributed by atoms with Gasteiger partial charge in [0.25, 0.3) is 0 Å². The molecule has 0 spiro atoms. The van der Waals surface area contributed by atoms with Gasteiger partial charge in [-0.1, -0.05) is 25.0 Å². The van der Waals surface area contributed by atoms with Gasteiger partial charge in [-0.15, -0.1) is 12.3 Å². The Bertz CT molecular complexity index is 562. The van der Waals surface area contributed by atoms with Crippen molar-refractivity contribution in [3.63, 3.8) is 0 Å². The van der Waals surface area contributed by atoms with Crippen LogP contribution in [0.2, 0.25) is 0 Å². The number of nitrogens with two attached hydrogens (primary N) is 1. The number of unbranched alkanes of at least 4 members (excludes halogenated alkanes) is 1. The van der Waals surface area contributed by atoms with Crippen molar-refractivity contribution in [2.75, 3.05) is 0 Å². The van der Waals surface area contributed by atoms with Crippen molar-refractivity contribution in [1.29, 1.82) is 0 Å². The van der Waals surface area contributed by atoms with E-state index in [2.05, 4.69) is 47.8 Å². The Hall–Kier alpha value is -1.06. The zero-order valence-electron chi connectivity index (χ0n) is 13.6. The molecule has 0 saturated carbocycles. The van der Waals surface area contributed by atoms with E-state index in [-0.39, 0.29) is 11.3 Å². The van der Waals surface area contributed by atoms with Gasteiger partial charge in [0.1, 0.15) is 0 Å². The van der Waals surface area contributed by atoms with Crippen LogP contribution >= 0.6 is 22.6 Å². The smallest absolute Gasteiger partial charge is 0.244 e. The van der Waals surface area contributed by atoms with E-state index >= 15 is 0 Å². The minimum absolute atomic E-state index is 0.0886. The van der Waals surface area contributed by atoms with Crippen molar-refractivity contribution in [3.8, 4) is 12.3 Å². The summed E-state index contributed by atoms with van der Waals surface area (Å²) in [7, 11) is 0. The maximum atomic E-state index is 12.3. The molecule has 1 rings (SSSR count). The average molecular weight is 412 g/mol. The van der Waals surface area contributed by atoms with Gasteiger partial charge in [0.2, 0.25) is 5.91 Å². The van der Waals surface area contributed by atoms with E-state index in [1.165, 1.54) is 0 Å². The molecule has 1 aromatic rings. The number of halogens is 1. The number of terminal acetylenes is 1.